The Hall–Kier alpha value is -2.22. The molecule has 7 heteroatoms. The summed E-state index contributed by atoms with van der Waals surface area (Å²) >= 11 is 0. The van der Waals surface area contributed by atoms with Gasteiger partial charge in [-0.3, -0.25) is 8.98 Å². The van der Waals surface area contributed by atoms with E-state index < -0.39 is 27.7 Å². The summed E-state index contributed by atoms with van der Waals surface area (Å²) in [5.74, 6) is 0.305. The fraction of sp³-hybridized carbons (Fsp3) is 0.409. The Morgan fingerprint density at radius 3 is 2.24 bits per heavy atom. The average Bonchev–Trinajstić information content (AvgIpc) is 2.73. The molecule has 1 aliphatic carbocycles. The van der Waals surface area contributed by atoms with Gasteiger partial charge in [-0.05, 0) is 43.4 Å². The number of ketones is 1. The lowest BCUT2D eigenvalue weighted by Crippen LogP contribution is -2.53. The molecule has 0 heterocycles. The third-order valence-corrected chi connectivity index (χ3v) is 6.36. The number of ether oxygens (including phenoxy) is 1. The Morgan fingerprint density at radius 2 is 1.66 bits per heavy atom. The number of nitrogens with two attached hydrogens (primary N) is 1. The van der Waals surface area contributed by atoms with E-state index in [2.05, 4.69) is 0 Å². The zero-order valence-electron chi connectivity index (χ0n) is 16.7. The average molecular weight is 418 g/mol. The van der Waals surface area contributed by atoms with E-state index in [0.29, 0.717) is 37.0 Å². The largest absolute Gasteiger partial charge is 0.496 e. The van der Waals surface area contributed by atoms with Crippen LogP contribution in [0.3, 0.4) is 0 Å². The normalized spacial score (nSPS) is 23.3. The highest BCUT2D eigenvalue weighted by atomic mass is 32.2. The van der Waals surface area contributed by atoms with Gasteiger partial charge in [0.1, 0.15) is 5.75 Å². The van der Waals surface area contributed by atoms with Gasteiger partial charge in [0.05, 0.1) is 31.1 Å². The van der Waals surface area contributed by atoms with Gasteiger partial charge >= 0.3 is 0 Å². The van der Waals surface area contributed by atoms with Gasteiger partial charge in [0.15, 0.2) is 5.78 Å². The molecule has 1 atom stereocenters. The predicted molar refractivity (Wildman–Crippen MR) is 112 cm³/mol. The molecule has 3 rings (SSSR count). The quantitative estimate of drug-likeness (QED) is 0.549. The first-order chi connectivity index (χ1) is 13.8. The first-order valence-corrected chi connectivity index (χ1v) is 11.4. The number of methoxy groups -OCH3 is 1. The topological polar surface area (TPSA) is 95.7 Å². The van der Waals surface area contributed by atoms with Crippen LogP contribution in [0.15, 0.2) is 54.6 Å². The number of Topliss-reactive ketones (excluding diaryl/α,β-unsaturated/α-hetero) is 1. The molecule has 1 unspecified atom stereocenters. The van der Waals surface area contributed by atoms with E-state index >= 15 is 0 Å². The van der Waals surface area contributed by atoms with Gasteiger partial charge in [0.25, 0.3) is 10.1 Å². The van der Waals surface area contributed by atoms with Crippen molar-refractivity contribution in [1.82, 2.24) is 0 Å². The lowest BCUT2D eigenvalue weighted by atomic mass is 9.63. The van der Waals surface area contributed by atoms with Crippen LogP contribution < -0.4 is 10.5 Å². The lowest BCUT2D eigenvalue weighted by molar-refractivity contribution is 0.0791. The zero-order chi connectivity index (χ0) is 21.1. The standard InChI is InChI=1S/C22H27NO5S/c1-27-19-11-7-6-10-18(19)20(24)21(23)22(16-8-4-3-5-9-16)14-12-17(13-15-22)28-29(2,25)26/h3-11,17,21H,12-15,23H2,1-2H3. The van der Waals surface area contributed by atoms with E-state index in [-0.39, 0.29) is 5.78 Å². The molecule has 0 radical (unpaired) electrons. The van der Waals surface area contributed by atoms with E-state index in [1.54, 1.807) is 18.2 Å². The molecule has 0 spiro atoms. The Morgan fingerprint density at radius 1 is 1.07 bits per heavy atom. The van der Waals surface area contributed by atoms with Gasteiger partial charge in [-0.2, -0.15) is 8.42 Å². The van der Waals surface area contributed by atoms with E-state index in [0.717, 1.165) is 11.8 Å². The fourth-order valence-electron chi connectivity index (χ4n) is 4.27. The van der Waals surface area contributed by atoms with Gasteiger partial charge in [0, 0.05) is 5.41 Å². The number of carbonyl (C=O) groups is 1. The minimum Gasteiger partial charge on any atom is -0.496 e. The minimum absolute atomic E-state index is 0.186. The molecule has 1 saturated carbocycles. The zero-order valence-corrected chi connectivity index (χ0v) is 17.5. The summed E-state index contributed by atoms with van der Waals surface area (Å²) in [6.45, 7) is 0. The van der Waals surface area contributed by atoms with Crippen molar-refractivity contribution in [1.29, 1.82) is 0 Å². The van der Waals surface area contributed by atoms with E-state index in [1.165, 1.54) is 7.11 Å². The molecule has 0 saturated heterocycles. The summed E-state index contributed by atoms with van der Waals surface area (Å²) in [5.41, 5.74) is 7.45. The molecular formula is C22H27NO5S. The van der Waals surface area contributed by atoms with E-state index in [4.69, 9.17) is 14.7 Å². The molecular weight excluding hydrogens is 390 g/mol. The molecule has 0 amide bonds. The molecule has 2 N–H and O–H groups in total. The summed E-state index contributed by atoms with van der Waals surface area (Å²) < 4.78 is 33.6. The summed E-state index contributed by atoms with van der Waals surface area (Å²) in [7, 11) is -2.00. The van der Waals surface area contributed by atoms with Crippen molar-refractivity contribution < 1.29 is 22.1 Å². The van der Waals surface area contributed by atoms with Crippen molar-refractivity contribution in [2.24, 2.45) is 5.73 Å². The van der Waals surface area contributed by atoms with Gasteiger partial charge in [-0.15, -0.1) is 0 Å². The summed E-state index contributed by atoms with van der Waals surface area (Å²) in [6.07, 6.45) is 2.79. The summed E-state index contributed by atoms with van der Waals surface area (Å²) in [6, 6.07) is 16.0. The molecule has 1 fully saturated rings. The van der Waals surface area contributed by atoms with Crippen LogP contribution in [0.5, 0.6) is 5.75 Å². The molecule has 2 aromatic carbocycles. The Balaban J connectivity index is 1.94. The van der Waals surface area contributed by atoms with Crippen molar-refractivity contribution in [2.45, 2.75) is 43.2 Å². The molecule has 156 valence electrons. The maximum Gasteiger partial charge on any atom is 0.264 e. The second kappa shape index (κ2) is 8.65. The van der Waals surface area contributed by atoms with E-state index in [9.17, 15) is 13.2 Å². The van der Waals surface area contributed by atoms with Crippen LogP contribution in [0, 0.1) is 0 Å². The molecule has 29 heavy (non-hydrogen) atoms. The number of benzene rings is 2. The molecule has 6 nitrogen and oxygen atoms in total. The summed E-state index contributed by atoms with van der Waals surface area (Å²) in [5, 5.41) is 0. The van der Waals surface area contributed by atoms with Gasteiger partial charge in [-0.1, -0.05) is 42.5 Å². The van der Waals surface area contributed by atoms with Crippen LogP contribution in [-0.2, 0) is 19.7 Å². The maximum atomic E-state index is 13.4. The monoisotopic (exact) mass is 417 g/mol. The number of hydrogen-bond donors (Lipinski definition) is 1. The van der Waals surface area contributed by atoms with Crippen LogP contribution in [-0.4, -0.2) is 39.7 Å². The smallest absolute Gasteiger partial charge is 0.264 e. The highest BCUT2D eigenvalue weighted by Crippen LogP contribution is 2.43. The highest BCUT2D eigenvalue weighted by molar-refractivity contribution is 7.86. The third kappa shape index (κ3) is 4.69. The van der Waals surface area contributed by atoms with E-state index in [1.807, 2.05) is 36.4 Å². The highest BCUT2D eigenvalue weighted by Gasteiger charge is 2.46. The Labute approximate surface area is 172 Å². The van der Waals surface area contributed by atoms with Gasteiger partial charge in [0.2, 0.25) is 0 Å². The van der Waals surface area contributed by atoms with Crippen LogP contribution in [0.25, 0.3) is 0 Å². The van der Waals surface area contributed by atoms with Crippen LogP contribution in [0.2, 0.25) is 0 Å². The second-order valence-electron chi connectivity index (χ2n) is 7.56. The predicted octanol–water partition coefficient (Wildman–Crippen LogP) is 3.06. The van der Waals surface area contributed by atoms with Crippen LogP contribution >= 0.6 is 0 Å². The molecule has 1 aliphatic rings. The second-order valence-corrected chi connectivity index (χ2v) is 9.16. The molecule has 0 bridgehead atoms. The number of hydrogen-bond acceptors (Lipinski definition) is 6. The van der Waals surface area contributed by atoms with Gasteiger partial charge in [-0.25, -0.2) is 0 Å². The van der Waals surface area contributed by atoms with Crippen molar-refractivity contribution >= 4 is 15.9 Å². The lowest BCUT2D eigenvalue weighted by Gasteiger charge is -2.43. The molecule has 0 aromatic heterocycles. The maximum absolute atomic E-state index is 13.4. The summed E-state index contributed by atoms with van der Waals surface area (Å²) in [4.78, 5) is 13.4. The number of para-hydroxylation sites is 1. The first kappa shape index (κ1) is 21.5. The van der Waals surface area contributed by atoms with Crippen molar-refractivity contribution in [3.8, 4) is 5.75 Å². The number of rotatable bonds is 7. The van der Waals surface area contributed by atoms with Crippen molar-refractivity contribution in [2.75, 3.05) is 13.4 Å². The SMILES string of the molecule is COc1ccccc1C(=O)C(N)C1(c2ccccc2)CCC(OS(C)(=O)=O)CC1. The Kier molecular flexibility index (Phi) is 6.41. The van der Waals surface area contributed by atoms with Gasteiger partial charge < -0.3 is 10.5 Å². The Bertz CT molecular complexity index is 950. The third-order valence-electron chi connectivity index (χ3n) is 5.73. The minimum atomic E-state index is -3.53. The first-order valence-electron chi connectivity index (χ1n) is 9.63. The van der Waals surface area contributed by atoms with Crippen molar-refractivity contribution in [3.63, 3.8) is 0 Å². The van der Waals surface area contributed by atoms with Crippen molar-refractivity contribution in [3.05, 3.63) is 65.7 Å². The molecule has 0 aliphatic heterocycles. The molecule has 2 aromatic rings. The van der Waals surface area contributed by atoms with Crippen LogP contribution in [0.4, 0.5) is 0 Å². The number of carbonyl (C=O) groups excluding carboxylic acids is 1. The van der Waals surface area contributed by atoms with Crippen LogP contribution in [0.1, 0.15) is 41.6 Å². The fourth-order valence-corrected chi connectivity index (χ4v) is 4.95.